The minimum absolute atomic E-state index is 0.0805. The van der Waals surface area contributed by atoms with Gasteiger partial charge in [0.05, 0.1) is 12.6 Å². The lowest BCUT2D eigenvalue weighted by atomic mass is 10.2. The van der Waals surface area contributed by atoms with Gasteiger partial charge in [-0.3, -0.25) is 9.78 Å². The average molecular weight is 229 g/mol. The van der Waals surface area contributed by atoms with Crippen LogP contribution in [0.5, 0.6) is 0 Å². The fraction of sp³-hybridized carbons (Fsp3) is 0.400. The fourth-order valence-corrected chi connectivity index (χ4v) is 1.22. The smallest absolute Gasteiger partial charge is 0.270 e. The Morgan fingerprint density at radius 2 is 2.47 bits per heavy atom. The second-order valence-corrected chi connectivity index (χ2v) is 3.56. The van der Waals surface area contributed by atoms with Crippen LogP contribution in [0.2, 0.25) is 5.02 Å². The molecule has 1 atom stereocenters. The molecular formula is C10H13ClN2O2. The lowest BCUT2D eigenvalue weighted by Gasteiger charge is -2.13. The molecule has 0 fully saturated rings. The van der Waals surface area contributed by atoms with Crippen molar-refractivity contribution in [1.82, 2.24) is 10.3 Å². The molecule has 0 saturated carbocycles. The zero-order valence-corrected chi connectivity index (χ0v) is 9.16. The largest absolute Gasteiger partial charge is 0.394 e. The van der Waals surface area contributed by atoms with Crippen molar-refractivity contribution < 1.29 is 9.90 Å². The molecule has 15 heavy (non-hydrogen) atoms. The predicted octanol–water partition coefficient (Wildman–Crippen LogP) is 1.24. The van der Waals surface area contributed by atoms with E-state index in [2.05, 4.69) is 10.3 Å². The van der Waals surface area contributed by atoms with E-state index in [1.54, 1.807) is 6.07 Å². The van der Waals surface area contributed by atoms with Gasteiger partial charge in [-0.25, -0.2) is 0 Å². The maximum Gasteiger partial charge on any atom is 0.270 e. The molecule has 0 radical (unpaired) electrons. The van der Waals surface area contributed by atoms with Crippen LogP contribution >= 0.6 is 11.6 Å². The number of aliphatic hydroxyl groups excluding tert-OH is 1. The minimum atomic E-state index is -0.321. The van der Waals surface area contributed by atoms with Crippen LogP contribution in [-0.2, 0) is 0 Å². The molecule has 1 amide bonds. The van der Waals surface area contributed by atoms with E-state index in [0.717, 1.165) is 0 Å². The van der Waals surface area contributed by atoms with E-state index in [1.165, 1.54) is 12.3 Å². The van der Waals surface area contributed by atoms with Gasteiger partial charge >= 0.3 is 0 Å². The number of amides is 1. The van der Waals surface area contributed by atoms with Gasteiger partial charge in [-0.15, -0.1) is 0 Å². The van der Waals surface area contributed by atoms with Crippen molar-refractivity contribution in [1.29, 1.82) is 0 Å². The molecule has 1 aromatic rings. The van der Waals surface area contributed by atoms with Gasteiger partial charge in [0, 0.05) is 11.2 Å². The summed E-state index contributed by atoms with van der Waals surface area (Å²) in [5.74, 6) is -0.321. The Morgan fingerprint density at radius 1 is 1.73 bits per heavy atom. The van der Waals surface area contributed by atoms with E-state index < -0.39 is 0 Å². The molecule has 4 nitrogen and oxygen atoms in total. The monoisotopic (exact) mass is 228 g/mol. The number of aromatic nitrogens is 1. The maximum absolute atomic E-state index is 11.6. The van der Waals surface area contributed by atoms with Crippen LogP contribution in [0.3, 0.4) is 0 Å². The molecular weight excluding hydrogens is 216 g/mol. The first kappa shape index (κ1) is 11.9. The molecule has 1 rings (SSSR count). The second-order valence-electron chi connectivity index (χ2n) is 3.12. The third-order valence-corrected chi connectivity index (χ3v) is 2.24. The molecule has 0 aliphatic heterocycles. The van der Waals surface area contributed by atoms with Crippen LogP contribution < -0.4 is 5.32 Å². The van der Waals surface area contributed by atoms with Crippen LogP contribution in [0.15, 0.2) is 18.3 Å². The van der Waals surface area contributed by atoms with Crippen LogP contribution in [-0.4, -0.2) is 28.6 Å². The van der Waals surface area contributed by atoms with Crippen LogP contribution in [0.4, 0.5) is 0 Å². The normalized spacial score (nSPS) is 12.2. The molecule has 0 saturated heterocycles. The van der Waals surface area contributed by atoms with Crippen LogP contribution in [0, 0.1) is 0 Å². The summed E-state index contributed by atoms with van der Waals surface area (Å²) in [4.78, 5) is 15.5. The molecule has 0 spiro atoms. The van der Waals surface area contributed by atoms with E-state index in [0.29, 0.717) is 11.4 Å². The molecule has 0 bridgehead atoms. The SMILES string of the molecule is CCC(CO)NC(=O)c1cc(Cl)ccn1. The highest BCUT2D eigenvalue weighted by Gasteiger charge is 2.12. The Labute approximate surface area is 93.3 Å². The highest BCUT2D eigenvalue weighted by Crippen LogP contribution is 2.08. The fourth-order valence-electron chi connectivity index (χ4n) is 1.07. The van der Waals surface area contributed by atoms with E-state index in [1.807, 2.05) is 6.92 Å². The van der Waals surface area contributed by atoms with Crippen molar-refractivity contribution in [3.8, 4) is 0 Å². The zero-order valence-electron chi connectivity index (χ0n) is 8.40. The van der Waals surface area contributed by atoms with Gasteiger partial charge in [0.2, 0.25) is 0 Å². The van der Waals surface area contributed by atoms with Crippen molar-refractivity contribution in [3.63, 3.8) is 0 Å². The van der Waals surface area contributed by atoms with Gasteiger partial charge in [0.25, 0.3) is 5.91 Å². The Morgan fingerprint density at radius 3 is 3.00 bits per heavy atom. The Kier molecular flexibility index (Phi) is 4.52. The van der Waals surface area contributed by atoms with Crippen molar-refractivity contribution in [3.05, 3.63) is 29.0 Å². The summed E-state index contributed by atoms with van der Waals surface area (Å²) in [6.07, 6.45) is 2.14. The molecule has 1 heterocycles. The quantitative estimate of drug-likeness (QED) is 0.815. The molecule has 0 aliphatic carbocycles. The zero-order chi connectivity index (χ0) is 11.3. The van der Waals surface area contributed by atoms with E-state index >= 15 is 0 Å². The third-order valence-electron chi connectivity index (χ3n) is 2.00. The van der Waals surface area contributed by atoms with Gasteiger partial charge in [-0.2, -0.15) is 0 Å². The summed E-state index contributed by atoms with van der Waals surface area (Å²) < 4.78 is 0. The maximum atomic E-state index is 11.6. The third kappa shape index (κ3) is 3.49. The summed E-state index contributed by atoms with van der Waals surface area (Å²) in [6, 6.07) is 2.85. The van der Waals surface area contributed by atoms with Crippen molar-refractivity contribution in [2.75, 3.05) is 6.61 Å². The number of hydrogen-bond acceptors (Lipinski definition) is 3. The summed E-state index contributed by atoms with van der Waals surface area (Å²) in [7, 11) is 0. The highest BCUT2D eigenvalue weighted by molar-refractivity contribution is 6.30. The number of nitrogens with zero attached hydrogens (tertiary/aromatic N) is 1. The topological polar surface area (TPSA) is 62.2 Å². The van der Waals surface area contributed by atoms with Gasteiger partial charge in [0.15, 0.2) is 0 Å². The molecule has 5 heteroatoms. The summed E-state index contributed by atoms with van der Waals surface area (Å²) in [5, 5.41) is 12.0. The van der Waals surface area contributed by atoms with Gasteiger partial charge in [-0.1, -0.05) is 18.5 Å². The number of halogens is 1. The molecule has 1 aromatic heterocycles. The first-order valence-corrected chi connectivity index (χ1v) is 5.08. The standard InChI is InChI=1S/C10H13ClN2O2/c1-2-8(6-14)13-10(15)9-5-7(11)3-4-12-9/h3-5,8,14H,2,6H2,1H3,(H,13,15). The number of aliphatic hydroxyl groups is 1. The van der Waals surface area contributed by atoms with Crippen molar-refractivity contribution in [2.24, 2.45) is 0 Å². The summed E-state index contributed by atoms with van der Waals surface area (Å²) in [6.45, 7) is 1.80. The molecule has 82 valence electrons. The number of rotatable bonds is 4. The number of carbonyl (C=O) groups is 1. The highest BCUT2D eigenvalue weighted by atomic mass is 35.5. The van der Waals surface area contributed by atoms with Crippen molar-refractivity contribution in [2.45, 2.75) is 19.4 Å². The van der Waals surface area contributed by atoms with E-state index in [4.69, 9.17) is 16.7 Å². The first-order valence-electron chi connectivity index (χ1n) is 4.70. The molecule has 1 unspecified atom stereocenters. The van der Waals surface area contributed by atoms with Crippen LogP contribution in [0.1, 0.15) is 23.8 Å². The van der Waals surface area contributed by atoms with E-state index in [-0.39, 0.29) is 24.2 Å². The number of hydrogen-bond donors (Lipinski definition) is 2. The Hall–Kier alpha value is -1.13. The average Bonchev–Trinajstić information content (AvgIpc) is 2.25. The van der Waals surface area contributed by atoms with Gasteiger partial charge < -0.3 is 10.4 Å². The molecule has 0 aliphatic rings. The van der Waals surface area contributed by atoms with Crippen LogP contribution in [0.25, 0.3) is 0 Å². The lowest BCUT2D eigenvalue weighted by molar-refractivity contribution is 0.0910. The lowest BCUT2D eigenvalue weighted by Crippen LogP contribution is -2.37. The van der Waals surface area contributed by atoms with Gasteiger partial charge in [-0.05, 0) is 18.6 Å². The summed E-state index contributed by atoms with van der Waals surface area (Å²) in [5.41, 5.74) is 0.259. The summed E-state index contributed by atoms with van der Waals surface area (Å²) >= 11 is 5.72. The van der Waals surface area contributed by atoms with Gasteiger partial charge in [0.1, 0.15) is 5.69 Å². The van der Waals surface area contributed by atoms with E-state index in [9.17, 15) is 4.79 Å². The molecule has 0 aromatic carbocycles. The number of pyridine rings is 1. The Balaban J connectivity index is 2.68. The van der Waals surface area contributed by atoms with Crippen molar-refractivity contribution >= 4 is 17.5 Å². The predicted molar refractivity (Wildman–Crippen MR) is 57.9 cm³/mol. The number of nitrogens with one attached hydrogen (secondary N) is 1. The molecule has 2 N–H and O–H groups in total. The minimum Gasteiger partial charge on any atom is -0.394 e. The Bertz CT molecular complexity index is 340. The number of carbonyl (C=O) groups excluding carboxylic acids is 1. The first-order chi connectivity index (χ1) is 7.17. The second kappa shape index (κ2) is 5.68.